The first-order valence-electron chi connectivity index (χ1n) is 5.42. The molecule has 1 saturated heterocycles. The second kappa shape index (κ2) is 7.09. The van der Waals surface area contributed by atoms with Crippen LogP contribution in [0.1, 0.15) is 12.8 Å². The summed E-state index contributed by atoms with van der Waals surface area (Å²) < 4.78 is 0.887. The first kappa shape index (κ1) is 13.7. The van der Waals surface area contributed by atoms with Crippen molar-refractivity contribution in [3.05, 3.63) is 22.8 Å². The van der Waals surface area contributed by atoms with Crippen LogP contribution in [0.4, 0.5) is 5.82 Å². The minimum absolute atomic E-state index is 0. The monoisotopic (exact) mass is 305 g/mol. The molecule has 0 bridgehead atoms. The van der Waals surface area contributed by atoms with E-state index >= 15 is 0 Å². The molecule has 90 valence electrons. The second-order valence-corrected chi connectivity index (χ2v) is 4.73. The molecule has 1 fully saturated rings. The molecule has 1 aromatic rings. The van der Waals surface area contributed by atoms with Gasteiger partial charge in [0.25, 0.3) is 0 Å². The lowest BCUT2D eigenvalue weighted by molar-refractivity contribution is 0.389. The minimum atomic E-state index is 0. The Hall–Kier alpha value is -0.320. The van der Waals surface area contributed by atoms with E-state index in [0.29, 0.717) is 0 Å². The summed E-state index contributed by atoms with van der Waals surface area (Å²) in [5.41, 5.74) is 0. The number of hydrogen-bond donors (Lipinski definition) is 2. The third kappa shape index (κ3) is 4.28. The van der Waals surface area contributed by atoms with Gasteiger partial charge in [-0.25, -0.2) is 4.98 Å². The fraction of sp³-hybridized carbons (Fsp3) is 0.545. The Morgan fingerprint density at radius 1 is 1.38 bits per heavy atom. The summed E-state index contributed by atoms with van der Waals surface area (Å²) in [6, 6.07) is 5.95. The van der Waals surface area contributed by atoms with Crippen LogP contribution in [-0.2, 0) is 0 Å². The van der Waals surface area contributed by atoms with Gasteiger partial charge in [-0.05, 0) is 59.9 Å². The van der Waals surface area contributed by atoms with Crippen molar-refractivity contribution in [1.82, 2.24) is 10.3 Å². The summed E-state index contributed by atoms with van der Waals surface area (Å²) in [6.07, 6.45) is 2.53. The molecule has 1 aromatic heterocycles. The van der Waals surface area contributed by atoms with Crippen molar-refractivity contribution >= 4 is 34.2 Å². The molecule has 0 atom stereocenters. The van der Waals surface area contributed by atoms with Crippen LogP contribution < -0.4 is 10.6 Å². The van der Waals surface area contributed by atoms with Gasteiger partial charge in [-0.1, -0.05) is 6.07 Å². The molecule has 2 heterocycles. The van der Waals surface area contributed by atoms with E-state index in [9.17, 15) is 0 Å². The van der Waals surface area contributed by atoms with E-state index in [1.165, 1.54) is 12.8 Å². The van der Waals surface area contributed by atoms with Crippen LogP contribution >= 0.6 is 28.3 Å². The van der Waals surface area contributed by atoms with Crippen molar-refractivity contribution in [2.75, 3.05) is 25.0 Å². The van der Waals surface area contributed by atoms with Gasteiger partial charge in [0.2, 0.25) is 0 Å². The molecule has 0 spiro atoms. The Kier molecular flexibility index (Phi) is 6.09. The Morgan fingerprint density at radius 2 is 2.12 bits per heavy atom. The third-order valence-electron chi connectivity index (χ3n) is 2.75. The van der Waals surface area contributed by atoms with Crippen molar-refractivity contribution in [1.29, 1.82) is 0 Å². The molecule has 2 rings (SSSR count). The number of pyridine rings is 1. The molecule has 0 aromatic carbocycles. The number of halogens is 2. The predicted molar refractivity (Wildman–Crippen MR) is 73.3 cm³/mol. The second-order valence-electron chi connectivity index (χ2n) is 3.92. The quantitative estimate of drug-likeness (QED) is 0.843. The lowest BCUT2D eigenvalue weighted by atomic mass is 9.98. The Morgan fingerprint density at radius 3 is 2.81 bits per heavy atom. The lowest BCUT2D eigenvalue weighted by Gasteiger charge is -2.22. The predicted octanol–water partition coefficient (Wildman–Crippen LogP) is 2.68. The number of nitrogens with one attached hydrogen (secondary N) is 2. The van der Waals surface area contributed by atoms with Crippen molar-refractivity contribution in [2.45, 2.75) is 12.8 Å². The molecule has 3 nitrogen and oxygen atoms in total. The van der Waals surface area contributed by atoms with E-state index in [1.807, 2.05) is 18.2 Å². The van der Waals surface area contributed by atoms with Crippen LogP contribution in [0.15, 0.2) is 22.8 Å². The summed E-state index contributed by atoms with van der Waals surface area (Å²) in [5.74, 6) is 1.75. The summed E-state index contributed by atoms with van der Waals surface area (Å²) in [5, 5.41) is 6.76. The van der Waals surface area contributed by atoms with E-state index in [2.05, 4.69) is 31.5 Å². The highest BCUT2D eigenvalue weighted by atomic mass is 79.9. The fourth-order valence-electron chi connectivity index (χ4n) is 1.84. The number of hydrogen-bond acceptors (Lipinski definition) is 3. The van der Waals surface area contributed by atoms with Crippen LogP contribution in [0.5, 0.6) is 0 Å². The van der Waals surface area contributed by atoms with E-state index in [0.717, 1.165) is 36.0 Å². The topological polar surface area (TPSA) is 37.0 Å². The summed E-state index contributed by atoms with van der Waals surface area (Å²) in [7, 11) is 0. The molecule has 0 saturated carbocycles. The zero-order valence-electron chi connectivity index (χ0n) is 9.08. The SMILES string of the molecule is Brc1cccc(NCC2CCNCC2)n1.Cl. The average Bonchev–Trinajstić information content (AvgIpc) is 2.28. The van der Waals surface area contributed by atoms with Crippen molar-refractivity contribution in [3.63, 3.8) is 0 Å². The first-order valence-corrected chi connectivity index (χ1v) is 6.21. The molecule has 1 aliphatic heterocycles. The number of rotatable bonds is 3. The molecule has 5 heteroatoms. The van der Waals surface area contributed by atoms with E-state index in [-0.39, 0.29) is 12.4 Å². The van der Waals surface area contributed by atoms with E-state index in [1.54, 1.807) is 0 Å². The van der Waals surface area contributed by atoms with Crippen molar-refractivity contribution in [3.8, 4) is 0 Å². The van der Waals surface area contributed by atoms with Crippen LogP contribution in [0.2, 0.25) is 0 Å². The van der Waals surface area contributed by atoms with Crippen molar-refractivity contribution in [2.24, 2.45) is 5.92 Å². The average molecular weight is 307 g/mol. The molecule has 0 radical (unpaired) electrons. The highest BCUT2D eigenvalue weighted by Crippen LogP contribution is 2.14. The van der Waals surface area contributed by atoms with Crippen LogP contribution in [0.3, 0.4) is 0 Å². The van der Waals surface area contributed by atoms with Gasteiger partial charge in [0.05, 0.1) is 0 Å². The smallest absolute Gasteiger partial charge is 0.127 e. The maximum Gasteiger partial charge on any atom is 0.127 e. The zero-order valence-corrected chi connectivity index (χ0v) is 11.5. The fourth-order valence-corrected chi connectivity index (χ4v) is 2.19. The van der Waals surface area contributed by atoms with Crippen LogP contribution in [-0.4, -0.2) is 24.6 Å². The zero-order chi connectivity index (χ0) is 10.5. The van der Waals surface area contributed by atoms with Crippen LogP contribution in [0.25, 0.3) is 0 Å². The normalized spacial score (nSPS) is 16.6. The van der Waals surface area contributed by atoms with Crippen LogP contribution in [0, 0.1) is 5.92 Å². The number of anilines is 1. The molecule has 0 unspecified atom stereocenters. The van der Waals surface area contributed by atoms with E-state index in [4.69, 9.17) is 0 Å². The van der Waals surface area contributed by atoms with Gasteiger partial charge in [-0.3, -0.25) is 0 Å². The highest BCUT2D eigenvalue weighted by Gasteiger charge is 2.12. The van der Waals surface area contributed by atoms with Gasteiger partial charge in [0.15, 0.2) is 0 Å². The molecule has 2 N–H and O–H groups in total. The molecular weight excluding hydrogens is 289 g/mol. The first-order chi connectivity index (χ1) is 7.34. The van der Waals surface area contributed by atoms with Gasteiger partial charge < -0.3 is 10.6 Å². The Bertz CT molecular complexity index is 316. The van der Waals surface area contributed by atoms with E-state index < -0.39 is 0 Å². The molecule has 16 heavy (non-hydrogen) atoms. The number of piperidine rings is 1. The summed E-state index contributed by atoms with van der Waals surface area (Å²) in [4.78, 5) is 4.35. The molecule has 1 aliphatic rings. The maximum absolute atomic E-state index is 4.35. The number of aromatic nitrogens is 1. The van der Waals surface area contributed by atoms with Gasteiger partial charge >= 0.3 is 0 Å². The summed E-state index contributed by atoms with van der Waals surface area (Å²) >= 11 is 3.37. The summed E-state index contributed by atoms with van der Waals surface area (Å²) in [6.45, 7) is 3.33. The molecule has 0 amide bonds. The third-order valence-corrected chi connectivity index (χ3v) is 3.19. The van der Waals surface area contributed by atoms with Gasteiger partial charge in [0, 0.05) is 6.54 Å². The minimum Gasteiger partial charge on any atom is -0.370 e. The largest absolute Gasteiger partial charge is 0.370 e. The highest BCUT2D eigenvalue weighted by molar-refractivity contribution is 9.10. The Labute approximate surface area is 111 Å². The lowest BCUT2D eigenvalue weighted by Crippen LogP contribution is -2.31. The molecule has 0 aliphatic carbocycles. The standard InChI is InChI=1S/C11H16BrN3.ClH/c12-10-2-1-3-11(15-10)14-8-9-4-6-13-7-5-9;/h1-3,9,13H,4-8H2,(H,14,15);1H. The van der Waals surface area contributed by atoms with Gasteiger partial charge in [0.1, 0.15) is 10.4 Å². The Balaban J connectivity index is 0.00000128. The van der Waals surface area contributed by atoms with Gasteiger partial charge in [-0.2, -0.15) is 0 Å². The number of nitrogens with zero attached hydrogens (tertiary/aromatic N) is 1. The molecular formula is C11H17BrClN3. The maximum atomic E-state index is 4.35. The van der Waals surface area contributed by atoms with Gasteiger partial charge in [-0.15, -0.1) is 12.4 Å². The van der Waals surface area contributed by atoms with Crippen molar-refractivity contribution < 1.29 is 0 Å².